The Bertz CT molecular complexity index is 724. The molecule has 0 bridgehead atoms. The van der Waals surface area contributed by atoms with Crippen LogP contribution in [0.4, 0.5) is 5.69 Å². The summed E-state index contributed by atoms with van der Waals surface area (Å²) in [6, 6.07) is 11.8. The number of hydrogen-bond acceptors (Lipinski definition) is 3. The molecule has 23 heavy (non-hydrogen) atoms. The topological polar surface area (TPSA) is 32.7 Å². The van der Waals surface area contributed by atoms with E-state index in [1.54, 1.807) is 12.1 Å². The number of ether oxygens (including phenoxy) is 1. The van der Waals surface area contributed by atoms with Crippen LogP contribution in [0, 0.1) is 13.8 Å². The van der Waals surface area contributed by atoms with Gasteiger partial charge >= 0.3 is 0 Å². The molecule has 0 saturated carbocycles. The Kier molecular flexibility index (Phi) is 4.28. The lowest BCUT2D eigenvalue weighted by Gasteiger charge is -2.36. The minimum atomic E-state index is 0.0911. The molecule has 3 heteroatoms. The predicted molar refractivity (Wildman–Crippen MR) is 94.6 cm³/mol. The van der Waals surface area contributed by atoms with Gasteiger partial charge in [0, 0.05) is 19.0 Å². The minimum absolute atomic E-state index is 0.0911. The summed E-state index contributed by atoms with van der Waals surface area (Å²) in [5, 5.41) is 9.73. The fourth-order valence-corrected chi connectivity index (χ4v) is 3.17. The Morgan fingerprint density at radius 2 is 2.09 bits per heavy atom. The molecule has 1 heterocycles. The summed E-state index contributed by atoms with van der Waals surface area (Å²) in [7, 11) is 0. The summed E-state index contributed by atoms with van der Waals surface area (Å²) < 4.78 is 6.17. The van der Waals surface area contributed by atoms with E-state index in [9.17, 15) is 5.11 Å². The summed E-state index contributed by atoms with van der Waals surface area (Å²) in [5.41, 5.74) is 4.84. The Morgan fingerprint density at radius 1 is 1.26 bits per heavy atom. The van der Waals surface area contributed by atoms with Crippen LogP contribution in [-0.2, 0) is 6.42 Å². The van der Waals surface area contributed by atoms with Crippen molar-refractivity contribution < 1.29 is 9.84 Å². The maximum atomic E-state index is 9.73. The molecule has 1 N–H and O–H groups in total. The van der Waals surface area contributed by atoms with Crippen molar-refractivity contribution >= 4 is 5.69 Å². The van der Waals surface area contributed by atoms with Crippen molar-refractivity contribution in [2.24, 2.45) is 0 Å². The van der Waals surface area contributed by atoms with Gasteiger partial charge in [-0.15, -0.1) is 6.58 Å². The molecule has 3 nitrogen and oxygen atoms in total. The lowest BCUT2D eigenvalue weighted by Crippen LogP contribution is -2.41. The lowest BCUT2D eigenvalue weighted by molar-refractivity contribution is 0.194. The first-order valence-electron chi connectivity index (χ1n) is 7.98. The molecule has 0 aromatic heterocycles. The van der Waals surface area contributed by atoms with Gasteiger partial charge in [-0.3, -0.25) is 0 Å². The summed E-state index contributed by atoms with van der Waals surface area (Å²) in [6.45, 7) is 9.63. The largest absolute Gasteiger partial charge is 0.508 e. The summed E-state index contributed by atoms with van der Waals surface area (Å²) in [6.07, 6.45) is 2.85. The molecule has 1 aliphatic heterocycles. The average molecular weight is 309 g/mol. The molecular formula is C20H23NO2. The van der Waals surface area contributed by atoms with Crippen molar-refractivity contribution in [3.05, 3.63) is 65.7 Å². The second-order valence-corrected chi connectivity index (χ2v) is 6.22. The van der Waals surface area contributed by atoms with Crippen LogP contribution in [0.2, 0.25) is 0 Å². The maximum Gasteiger partial charge on any atom is 0.143 e. The van der Waals surface area contributed by atoms with Crippen LogP contribution in [-0.4, -0.2) is 24.3 Å². The highest BCUT2D eigenvalue weighted by Crippen LogP contribution is 2.36. The number of phenols is 1. The van der Waals surface area contributed by atoms with Crippen LogP contribution in [0.1, 0.15) is 16.7 Å². The zero-order valence-corrected chi connectivity index (χ0v) is 13.7. The number of anilines is 1. The van der Waals surface area contributed by atoms with Crippen molar-refractivity contribution in [2.45, 2.75) is 26.4 Å². The summed E-state index contributed by atoms with van der Waals surface area (Å²) >= 11 is 0. The zero-order valence-electron chi connectivity index (χ0n) is 13.7. The average Bonchev–Trinajstić information content (AvgIpc) is 2.51. The van der Waals surface area contributed by atoms with Crippen LogP contribution < -0.4 is 9.64 Å². The van der Waals surface area contributed by atoms with E-state index in [0.29, 0.717) is 0 Å². The second kappa shape index (κ2) is 6.37. The molecule has 1 unspecified atom stereocenters. The van der Waals surface area contributed by atoms with E-state index in [1.807, 2.05) is 12.1 Å². The normalized spacial score (nSPS) is 16.6. The predicted octanol–water partition coefficient (Wildman–Crippen LogP) is 4.01. The lowest BCUT2D eigenvalue weighted by atomic mass is 9.99. The van der Waals surface area contributed by atoms with Crippen LogP contribution in [0.25, 0.3) is 0 Å². The Hall–Kier alpha value is -2.42. The monoisotopic (exact) mass is 309 g/mol. The molecule has 2 aromatic rings. The highest BCUT2D eigenvalue weighted by Gasteiger charge is 2.26. The molecule has 1 atom stereocenters. The first kappa shape index (κ1) is 15.5. The van der Waals surface area contributed by atoms with Gasteiger partial charge in [-0.2, -0.15) is 0 Å². The minimum Gasteiger partial charge on any atom is -0.508 e. The molecule has 0 spiro atoms. The van der Waals surface area contributed by atoms with Gasteiger partial charge in [0.05, 0.1) is 12.2 Å². The highest BCUT2D eigenvalue weighted by molar-refractivity contribution is 5.63. The van der Waals surface area contributed by atoms with Gasteiger partial charge in [0.25, 0.3) is 0 Å². The van der Waals surface area contributed by atoms with E-state index in [2.05, 4.69) is 43.5 Å². The summed E-state index contributed by atoms with van der Waals surface area (Å²) in [4.78, 5) is 2.21. The third-order valence-electron chi connectivity index (χ3n) is 4.30. The Balaban J connectivity index is 1.85. The zero-order chi connectivity index (χ0) is 16.4. The Labute approximate surface area is 137 Å². The van der Waals surface area contributed by atoms with E-state index in [1.165, 1.54) is 16.7 Å². The van der Waals surface area contributed by atoms with Gasteiger partial charge in [-0.1, -0.05) is 29.8 Å². The van der Waals surface area contributed by atoms with Crippen LogP contribution in [0.3, 0.4) is 0 Å². The maximum absolute atomic E-state index is 9.73. The third-order valence-corrected chi connectivity index (χ3v) is 4.30. The molecule has 0 saturated heterocycles. The number of aryl methyl sites for hydroxylation is 2. The van der Waals surface area contributed by atoms with Crippen LogP contribution >= 0.6 is 0 Å². The third kappa shape index (κ3) is 3.34. The van der Waals surface area contributed by atoms with Gasteiger partial charge in [0.15, 0.2) is 0 Å². The number of benzene rings is 2. The standard InChI is InChI=1S/C20H23NO2/c1-4-9-21-13-18(11-16-6-5-14(2)10-15(16)3)23-20-8-7-17(22)12-19(20)21/h4-8,10,12,18,22H,1,9,11,13H2,2-3H3. The number of rotatable bonds is 4. The van der Waals surface area contributed by atoms with Gasteiger partial charge in [0.1, 0.15) is 17.6 Å². The van der Waals surface area contributed by atoms with Crippen molar-refractivity contribution in [3.8, 4) is 11.5 Å². The van der Waals surface area contributed by atoms with Crippen molar-refractivity contribution in [2.75, 3.05) is 18.0 Å². The van der Waals surface area contributed by atoms with Crippen molar-refractivity contribution in [1.29, 1.82) is 0 Å². The van der Waals surface area contributed by atoms with Crippen LogP contribution in [0.5, 0.6) is 11.5 Å². The van der Waals surface area contributed by atoms with E-state index >= 15 is 0 Å². The van der Waals surface area contributed by atoms with Gasteiger partial charge in [-0.25, -0.2) is 0 Å². The Morgan fingerprint density at radius 3 is 2.83 bits per heavy atom. The highest BCUT2D eigenvalue weighted by atomic mass is 16.5. The van der Waals surface area contributed by atoms with E-state index in [-0.39, 0.29) is 11.9 Å². The number of nitrogens with zero attached hydrogens (tertiary/aromatic N) is 1. The number of hydrogen-bond donors (Lipinski definition) is 1. The number of aromatic hydroxyl groups is 1. The quantitative estimate of drug-likeness (QED) is 0.866. The van der Waals surface area contributed by atoms with E-state index in [0.717, 1.165) is 30.9 Å². The van der Waals surface area contributed by atoms with Gasteiger partial charge in [0.2, 0.25) is 0 Å². The molecular weight excluding hydrogens is 286 g/mol. The molecule has 3 rings (SSSR count). The smallest absolute Gasteiger partial charge is 0.143 e. The van der Waals surface area contributed by atoms with Crippen molar-refractivity contribution in [3.63, 3.8) is 0 Å². The van der Waals surface area contributed by atoms with E-state index < -0.39 is 0 Å². The fourth-order valence-electron chi connectivity index (χ4n) is 3.17. The first-order chi connectivity index (χ1) is 11.1. The molecule has 2 aromatic carbocycles. The van der Waals surface area contributed by atoms with E-state index in [4.69, 9.17) is 4.74 Å². The van der Waals surface area contributed by atoms with Gasteiger partial charge in [-0.05, 0) is 37.1 Å². The molecule has 0 aliphatic carbocycles. The fraction of sp³-hybridized carbons (Fsp3) is 0.300. The molecule has 0 radical (unpaired) electrons. The summed E-state index contributed by atoms with van der Waals surface area (Å²) in [5.74, 6) is 1.08. The number of phenolic OH excluding ortho intramolecular Hbond substituents is 1. The molecule has 1 aliphatic rings. The van der Waals surface area contributed by atoms with Gasteiger partial charge < -0.3 is 14.7 Å². The molecule has 120 valence electrons. The molecule has 0 fully saturated rings. The second-order valence-electron chi connectivity index (χ2n) is 6.22. The van der Waals surface area contributed by atoms with Crippen LogP contribution in [0.15, 0.2) is 49.1 Å². The molecule has 0 amide bonds. The number of fused-ring (bicyclic) bond motifs is 1. The first-order valence-corrected chi connectivity index (χ1v) is 7.98. The van der Waals surface area contributed by atoms with Crippen molar-refractivity contribution in [1.82, 2.24) is 0 Å². The SMILES string of the molecule is C=CCN1CC(Cc2ccc(C)cc2C)Oc2ccc(O)cc21.